The van der Waals surface area contributed by atoms with Crippen LogP contribution in [0.1, 0.15) is 11.5 Å². The minimum absolute atomic E-state index is 0.0596. The number of likely N-dealkylation sites (N-methyl/N-ethyl adjacent to an activating group) is 1. The third kappa shape index (κ3) is 4.33. The Morgan fingerprint density at radius 1 is 1.47 bits per heavy atom. The number of hydrogen-bond donors (Lipinski definition) is 0. The van der Waals surface area contributed by atoms with Gasteiger partial charge in [-0.3, -0.25) is 9.69 Å². The highest BCUT2D eigenvalue weighted by molar-refractivity contribution is 5.77. The number of nitrogens with zero attached hydrogens (tertiary/aromatic N) is 3. The van der Waals surface area contributed by atoms with Crippen LogP contribution < -0.4 is 0 Å². The normalized spacial score (nSPS) is 16.5. The highest BCUT2D eigenvalue weighted by atomic mass is 16.5. The minimum Gasteiger partial charge on any atom is -0.379 e. The van der Waals surface area contributed by atoms with E-state index in [9.17, 15) is 4.79 Å². The van der Waals surface area contributed by atoms with Crippen LogP contribution in [0.25, 0.3) is 0 Å². The Morgan fingerprint density at radius 2 is 2.21 bits per heavy atom. The van der Waals surface area contributed by atoms with Crippen LogP contribution >= 0.6 is 0 Å². The van der Waals surface area contributed by atoms with Crippen LogP contribution in [0.2, 0.25) is 0 Å². The molecule has 1 aromatic rings. The van der Waals surface area contributed by atoms with E-state index in [2.05, 4.69) is 10.1 Å². The Kier molecular flexibility index (Phi) is 4.93. The summed E-state index contributed by atoms with van der Waals surface area (Å²) < 4.78 is 10.3. The topological polar surface area (TPSA) is 58.8 Å². The van der Waals surface area contributed by atoms with E-state index < -0.39 is 0 Å². The average molecular weight is 267 g/mol. The van der Waals surface area contributed by atoms with Crippen molar-refractivity contribution in [3.8, 4) is 0 Å². The largest absolute Gasteiger partial charge is 0.379 e. The molecular formula is C13H21N3O3. The third-order valence-electron chi connectivity index (χ3n) is 3.28. The van der Waals surface area contributed by atoms with Crippen LogP contribution in [0.4, 0.5) is 0 Å². The lowest BCUT2D eigenvalue weighted by atomic mass is 10.2. The zero-order chi connectivity index (χ0) is 13.7. The van der Waals surface area contributed by atoms with E-state index in [4.69, 9.17) is 9.26 Å². The van der Waals surface area contributed by atoms with E-state index in [1.54, 1.807) is 11.0 Å². The van der Waals surface area contributed by atoms with Gasteiger partial charge < -0.3 is 14.2 Å². The van der Waals surface area contributed by atoms with Crippen molar-refractivity contribution in [1.82, 2.24) is 15.0 Å². The summed E-state index contributed by atoms with van der Waals surface area (Å²) in [5, 5.41) is 3.78. The van der Waals surface area contributed by atoms with Crippen LogP contribution in [0.15, 0.2) is 10.6 Å². The summed E-state index contributed by atoms with van der Waals surface area (Å²) in [6.45, 7) is 6.93. The molecule has 106 valence electrons. The van der Waals surface area contributed by atoms with Gasteiger partial charge in [-0.1, -0.05) is 5.16 Å². The molecule has 6 heteroatoms. The molecule has 1 amide bonds. The Hall–Kier alpha value is -1.40. The summed E-state index contributed by atoms with van der Waals surface area (Å²) in [4.78, 5) is 16.0. The van der Waals surface area contributed by atoms with Gasteiger partial charge in [-0.15, -0.1) is 0 Å². The fourth-order valence-corrected chi connectivity index (χ4v) is 2.02. The summed E-state index contributed by atoms with van der Waals surface area (Å²) >= 11 is 0. The summed E-state index contributed by atoms with van der Waals surface area (Å²) in [5.74, 6) is 0.685. The van der Waals surface area contributed by atoms with Crippen molar-refractivity contribution in [3.05, 3.63) is 17.5 Å². The van der Waals surface area contributed by atoms with Crippen LogP contribution in [0, 0.1) is 6.92 Å². The fraction of sp³-hybridized carbons (Fsp3) is 0.692. The SMILES string of the molecule is Cc1cc(CC(=O)N(C)CCN2CCOCC2)on1. The van der Waals surface area contributed by atoms with Crippen LogP contribution in [-0.4, -0.2) is 67.3 Å². The summed E-state index contributed by atoms with van der Waals surface area (Å²) in [7, 11) is 1.83. The van der Waals surface area contributed by atoms with Gasteiger partial charge in [-0.05, 0) is 6.92 Å². The number of hydrogen-bond acceptors (Lipinski definition) is 5. The zero-order valence-electron chi connectivity index (χ0n) is 11.6. The molecule has 1 saturated heterocycles. The number of carbonyl (C=O) groups excluding carboxylic acids is 1. The first-order valence-corrected chi connectivity index (χ1v) is 6.61. The molecule has 0 unspecified atom stereocenters. The van der Waals surface area contributed by atoms with Gasteiger partial charge in [0.25, 0.3) is 0 Å². The molecule has 0 bridgehead atoms. The van der Waals surface area contributed by atoms with Gasteiger partial charge in [-0.2, -0.15) is 0 Å². The first-order valence-electron chi connectivity index (χ1n) is 6.61. The minimum atomic E-state index is 0.0596. The van der Waals surface area contributed by atoms with Crippen molar-refractivity contribution in [1.29, 1.82) is 0 Å². The van der Waals surface area contributed by atoms with Gasteiger partial charge in [0.05, 0.1) is 25.3 Å². The molecule has 0 radical (unpaired) electrons. The third-order valence-corrected chi connectivity index (χ3v) is 3.28. The molecule has 1 aromatic heterocycles. The predicted octanol–water partition coefficient (Wildman–Crippen LogP) is 0.316. The summed E-state index contributed by atoms with van der Waals surface area (Å²) in [6, 6.07) is 1.80. The summed E-state index contributed by atoms with van der Waals surface area (Å²) in [6.07, 6.45) is 0.278. The molecule has 2 rings (SSSR count). The van der Waals surface area contributed by atoms with Crippen LogP contribution in [0.5, 0.6) is 0 Å². The van der Waals surface area contributed by atoms with E-state index in [0.29, 0.717) is 5.76 Å². The molecule has 0 saturated carbocycles. The van der Waals surface area contributed by atoms with Gasteiger partial charge >= 0.3 is 0 Å². The van der Waals surface area contributed by atoms with Crippen LogP contribution in [0.3, 0.4) is 0 Å². The van der Waals surface area contributed by atoms with Crippen molar-refractivity contribution in [2.75, 3.05) is 46.4 Å². The van der Waals surface area contributed by atoms with Crippen LogP contribution in [-0.2, 0) is 16.0 Å². The van der Waals surface area contributed by atoms with Crippen molar-refractivity contribution in [2.24, 2.45) is 0 Å². The number of morpholine rings is 1. The maximum absolute atomic E-state index is 12.0. The monoisotopic (exact) mass is 267 g/mol. The average Bonchev–Trinajstić information content (AvgIpc) is 2.82. The van der Waals surface area contributed by atoms with Crippen molar-refractivity contribution < 1.29 is 14.1 Å². The number of amides is 1. The van der Waals surface area contributed by atoms with Gasteiger partial charge in [0.2, 0.25) is 5.91 Å². The smallest absolute Gasteiger partial charge is 0.230 e. The van der Waals surface area contributed by atoms with E-state index in [1.807, 2.05) is 14.0 Å². The van der Waals surface area contributed by atoms with Crippen molar-refractivity contribution in [2.45, 2.75) is 13.3 Å². The van der Waals surface area contributed by atoms with E-state index in [-0.39, 0.29) is 12.3 Å². The van der Waals surface area contributed by atoms with E-state index in [1.165, 1.54) is 0 Å². The molecule has 19 heavy (non-hydrogen) atoms. The maximum atomic E-state index is 12.0. The van der Waals surface area contributed by atoms with Crippen molar-refractivity contribution >= 4 is 5.91 Å². The molecule has 1 fully saturated rings. The molecule has 6 nitrogen and oxygen atoms in total. The van der Waals surface area contributed by atoms with Crippen molar-refractivity contribution in [3.63, 3.8) is 0 Å². The first kappa shape index (κ1) is 14.0. The lowest BCUT2D eigenvalue weighted by Gasteiger charge is -2.28. The number of carbonyl (C=O) groups is 1. The molecular weight excluding hydrogens is 246 g/mol. The first-order chi connectivity index (χ1) is 9.15. The Labute approximate surface area is 113 Å². The predicted molar refractivity (Wildman–Crippen MR) is 69.8 cm³/mol. The summed E-state index contributed by atoms with van der Waals surface area (Å²) in [5.41, 5.74) is 0.804. The molecule has 1 aliphatic heterocycles. The van der Waals surface area contributed by atoms with Gasteiger partial charge in [0.1, 0.15) is 5.76 Å². The van der Waals surface area contributed by atoms with E-state index >= 15 is 0 Å². The van der Waals surface area contributed by atoms with Gasteiger partial charge in [0.15, 0.2) is 0 Å². The standard InChI is InChI=1S/C13H21N3O3/c1-11-9-12(19-14-11)10-13(17)15(2)3-4-16-5-7-18-8-6-16/h9H,3-8,10H2,1-2H3. The van der Waals surface area contributed by atoms with Gasteiger partial charge in [-0.25, -0.2) is 0 Å². The molecule has 2 heterocycles. The number of ether oxygens (including phenoxy) is 1. The lowest BCUT2D eigenvalue weighted by molar-refractivity contribution is -0.129. The Morgan fingerprint density at radius 3 is 2.84 bits per heavy atom. The Balaban J connectivity index is 1.72. The zero-order valence-corrected chi connectivity index (χ0v) is 11.6. The maximum Gasteiger partial charge on any atom is 0.230 e. The second kappa shape index (κ2) is 6.68. The Bertz CT molecular complexity index is 413. The van der Waals surface area contributed by atoms with Gasteiger partial charge in [0, 0.05) is 39.3 Å². The quantitative estimate of drug-likeness (QED) is 0.769. The van der Waals surface area contributed by atoms with E-state index in [0.717, 1.165) is 45.1 Å². The molecule has 0 N–H and O–H groups in total. The number of rotatable bonds is 5. The molecule has 0 spiro atoms. The molecule has 0 atom stereocenters. The number of aryl methyl sites for hydroxylation is 1. The number of aromatic nitrogens is 1. The second-order valence-corrected chi connectivity index (χ2v) is 4.88. The molecule has 0 aliphatic carbocycles. The molecule has 0 aromatic carbocycles. The molecule has 1 aliphatic rings. The lowest BCUT2D eigenvalue weighted by Crippen LogP contribution is -2.42. The fourth-order valence-electron chi connectivity index (χ4n) is 2.02. The highest BCUT2D eigenvalue weighted by Gasteiger charge is 2.15. The highest BCUT2D eigenvalue weighted by Crippen LogP contribution is 2.05. The second-order valence-electron chi connectivity index (χ2n) is 4.88.